The number of aliphatic hydroxyl groups is 1. The van der Waals surface area contributed by atoms with E-state index < -0.39 is 17.0 Å². The molecule has 0 heterocycles. The van der Waals surface area contributed by atoms with Crippen LogP contribution in [0, 0.1) is 0 Å². The number of hydrogen-bond donors (Lipinski definition) is 1. The molecule has 5 nitrogen and oxygen atoms in total. The second kappa shape index (κ2) is 6.11. The molecule has 0 radical (unpaired) electrons. The van der Waals surface area contributed by atoms with E-state index in [0.29, 0.717) is 6.42 Å². The van der Waals surface area contributed by atoms with Gasteiger partial charge in [0.05, 0.1) is 11.2 Å². The third kappa shape index (κ3) is 7.68. The summed E-state index contributed by atoms with van der Waals surface area (Å²) in [5.74, 6) is -1.29. The Hall–Kier alpha value is -0.200. The fraction of sp³-hybridized carbons (Fsp3) is 1.00. The van der Waals surface area contributed by atoms with Crippen LogP contribution in [-0.2, 0) is 19.6 Å². The van der Waals surface area contributed by atoms with Gasteiger partial charge in [-0.15, -0.1) is 0 Å². The summed E-state index contributed by atoms with van der Waals surface area (Å²) in [6, 6.07) is 0. The van der Waals surface area contributed by atoms with Gasteiger partial charge < -0.3 is 5.11 Å². The molecule has 0 unspecified atom stereocenters. The molecule has 104 valence electrons. The van der Waals surface area contributed by atoms with Crippen LogP contribution in [-0.4, -0.2) is 28.7 Å². The van der Waals surface area contributed by atoms with Crippen LogP contribution in [0.2, 0.25) is 0 Å². The molecule has 1 N–H and O–H groups in total. The number of aliphatic hydroxyl groups excluding tert-OH is 1. The van der Waals surface area contributed by atoms with Crippen molar-refractivity contribution in [1.82, 2.24) is 0 Å². The van der Waals surface area contributed by atoms with Crippen molar-refractivity contribution in [2.75, 3.05) is 6.61 Å². The van der Waals surface area contributed by atoms with E-state index in [1.54, 1.807) is 0 Å². The van der Waals surface area contributed by atoms with Crippen molar-refractivity contribution < 1.29 is 24.7 Å². The second-order valence-electron chi connectivity index (χ2n) is 5.98. The van der Waals surface area contributed by atoms with Crippen molar-refractivity contribution >= 4 is 0 Å². The first kappa shape index (κ1) is 16.8. The minimum atomic E-state index is -1.29. The van der Waals surface area contributed by atoms with E-state index in [2.05, 4.69) is 0 Å². The van der Waals surface area contributed by atoms with Gasteiger partial charge in [0.25, 0.3) is 5.79 Å². The molecule has 17 heavy (non-hydrogen) atoms. The molecule has 0 amide bonds. The van der Waals surface area contributed by atoms with Crippen LogP contribution in [0.4, 0.5) is 0 Å². The van der Waals surface area contributed by atoms with Crippen molar-refractivity contribution in [2.45, 2.75) is 71.9 Å². The van der Waals surface area contributed by atoms with Crippen LogP contribution in [0.3, 0.4) is 0 Å². The van der Waals surface area contributed by atoms with Crippen LogP contribution in [0.5, 0.6) is 0 Å². The Morgan fingerprint density at radius 2 is 1.12 bits per heavy atom. The Labute approximate surface area is 104 Å². The summed E-state index contributed by atoms with van der Waals surface area (Å²) in [6.45, 7) is 12.5. The van der Waals surface area contributed by atoms with Crippen LogP contribution < -0.4 is 0 Å². The molecule has 5 heteroatoms. The zero-order valence-corrected chi connectivity index (χ0v) is 12.0. The van der Waals surface area contributed by atoms with Crippen LogP contribution in [0.25, 0.3) is 0 Å². The molecule has 0 fully saturated rings. The van der Waals surface area contributed by atoms with E-state index in [0.717, 1.165) is 0 Å². The highest BCUT2D eigenvalue weighted by atomic mass is 17.3. The molecule has 0 aromatic heterocycles. The molecule has 0 saturated heterocycles. The van der Waals surface area contributed by atoms with Crippen molar-refractivity contribution in [2.24, 2.45) is 0 Å². The highest BCUT2D eigenvalue weighted by Crippen LogP contribution is 2.24. The molecular formula is C12H26O5. The van der Waals surface area contributed by atoms with E-state index >= 15 is 0 Å². The lowest BCUT2D eigenvalue weighted by atomic mass is 10.2. The van der Waals surface area contributed by atoms with Gasteiger partial charge in [-0.25, -0.2) is 9.78 Å². The molecule has 0 atom stereocenters. The zero-order valence-electron chi connectivity index (χ0n) is 12.0. The topological polar surface area (TPSA) is 57.2 Å². The van der Waals surface area contributed by atoms with Crippen LogP contribution >= 0.6 is 0 Å². The Morgan fingerprint density at radius 3 is 1.29 bits per heavy atom. The Bertz CT molecular complexity index is 190. The lowest BCUT2D eigenvalue weighted by Gasteiger charge is -2.33. The van der Waals surface area contributed by atoms with E-state index in [9.17, 15) is 5.11 Å². The maximum Gasteiger partial charge on any atom is 0.256 e. The van der Waals surface area contributed by atoms with Gasteiger partial charge in [0.1, 0.15) is 6.61 Å². The quantitative estimate of drug-likeness (QED) is 0.446. The molecule has 0 aromatic rings. The minimum absolute atomic E-state index is 0.352. The van der Waals surface area contributed by atoms with Gasteiger partial charge in [-0.3, -0.25) is 0 Å². The SMILES string of the molecule is CCC(CO)(OOC(C)(C)C)OOC(C)(C)C. The molecule has 0 aliphatic carbocycles. The summed E-state index contributed by atoms with van der Waals surface area (Å²) in [5.41, 5.74) is -0.971. The lowest BCUT2D eigenvalue weighted by molar-refractivity contribution is -0.545. The molecule has 0 rings (SSSR count). The molecule has 0 bridgehead atoms. The molecular weight excluding hydrogens is 224 g/mol. The Morgan fingerprint density at radius 1 is 0.765 bits per heavy atom. The predicted octanol–water partition coefficient (Wildman–Crippen LogP) is 2.58. The third-order valence-corrected chi connectivity index (χ3v) is 1.67. The zero-order chi connectivity index (χ0) is 13.7. The second-order valence-corrected chi connectivity index (χ2v) is 5.98. The smallest absolute Gasteiger partial charge is 0.256 e. The summed E-state index contributed by atoms with van der Waals surface area (Å²) in [5, 5.41) is 9.36. The normalized spacial score (nSPS) is 14.1. The fourth-order valence-corrected chi connectivity index (χ4v) is 0.698. The number of rotatable bonds is 6. The molecule has 0 aliphatic heterocycles. The lowest BCUT2D eigenvalue weighted by Crippen LogP contribution is -2.43. The summed E-state index contributed by atoms with van der Waals surface area (Å²) < 4.78 is 0. The third-order valence-electron chi connectivity index (χ3n) is 1.67. The predicted molar refractivity (Wildman–Crippen MR) is 64.0 cm³/mol. The molecule has 0 saturated carbocycles. The highest BCUT2D eigenvalue weighted by molar-refractivity contribution is 4.65. The maximum atomic E-state index is 9.36. The van der Waals surface area contributed by atoms with E-state index in [1.807, 2.05) is 48.5 Å². The van der Waals surface area contributed by atoms with Crippen molar-refractivity contribution in [3.63, 3.8) is 0 Å². The molecule has 0 aromatic carbocycles. The first-order valence-electron chi connectivity index (χ1n) is 5.88. The van der Waals surface area contributed by atoms with E-state index in [4.69, 9.17) is 19.6 Å². The summed E-state index contributed by atoms with van der Waals surface area (Å²) in [6.07, 6.45) is 0.398. The van der Waals surface area contributed by atoms with Crippen molar-refractivity contribution in [3.05, 3.63) is 0 Å². The maximum absolute atomic E-state index is 9.36. The Kier molecular flexibility index (Phi) is 6.04. The van der Waals surface area contributed by atoms with Gasteiger partial charge in [-0.2, -0.15) is 9.78 Å². The molecule has 0 aliphatic rings. The summed E-state index contributed by atoms with van der Waals surface area (Å²) >= 11 is 0. The van der Waals surface area contributed by atoms with Gasteiger partial charge in [-0.05, 0) is 41.5 Å². The number of hydrogen-bond acceptors (Lipinski definition) is 5. The van der Waals surface area contributed by atoms with Crippen LogP contribution in [0.1, 0.15) is 54.9 Å². The van der Waals surface area contributed by atoms with Gasteiger partial charge in [0, 0.05) is 6.42 Å². The van der Waals surface area contributed by atoms with E-state index in [1.165, 1.54) is 0 Å². The van der Waals surface area contributed by atoms with Crippen LogP contribution in [0.15, 0.2) is 0 Å². The fourth-order valence-electron chi connectivity index (χ4n) is 0.698. The van der Waals surface area contributed by atoms with Gasteiger partial charge in [0.2, 0.25) is 0 Å². The first-order chi connectivity index (χ1) is 7.54. The minimum Gasteiger partial charge on any atom is -0.391 e. The average Bonchev–Trinajstić information content (AvgIpc) is 2.16. The standard InChI is InChI=1S/C12H26O5/c1-8-12(9-13,16-14-10(2,3)4)17-15-11(5,6)7/h13H,8-9H2,1-7H3. The van der Waals surface area contributed by atoms with E-state index in [-0.39, 0.29) is 6.61 Å². The van der Waals surface area contributed by atoms with Gasteiger partial charge in [0.15, 0.2) is 0 Å². The highest BCUT2D eigenvalue weighted by Gasteiger charge is 2.36. The van der Waals surface area contributed by atoms with Crippen molar-refractivity contribution in [1.29, 1.82) is 0 Å². The summed E-state index contributed by atoms with van der Waals surface area (Å²) in [7, 11) is 0. The Balaban J connectivity index is 4.46. The van der Waals surface area contributed by atoms with Gasteiger partial charge in [-0.1, -0.05) is 6.92 Å². The summed E-state index contributed by atoms with van der Waals surface area (Å²) in [4.78, 5) is 20.7. The largest absolute Gasteiger partial charge is 0.391 e. The molecule has 0 spiro atoms. The van der Waals surface area contributed by atoms with Crippen molar-refractivity contribution in [3.8, 4) is 0 Å². The average molecular weight is 250 g/mol. The van der Waals surface area contributed by atoms with Gasteiger partial charge >= 0.3 is 0 Å². The monoisotopic (exact) mass is 250 g/mol. The first-order valence-corrected chi connectivity index (χ1v) is 5.88.